The topological polar surface area (TPSA) is 66.5 Å². The van der Waals surface area contributed by atoms with Crippen LogP contribution in [0, 0.1) is 0 Å². The number of benzene rings is 2. The predicted molar refractivity (Wildman–Crippen MR) is 98.6 cm³/mol. The molecule has 9 heteroatoms. The molecule has 0 aromatic heterocycles. The van der Waals surface area contributed by atoms with Gasteiger partial charge in [-0.15, -0.1) is 0 Å². The zero-order valence-corrected chi connectivity index (χ0v) is 15.3. The summed E-state index contributed by atoms with van der Waals surface area (Å²) in [5.74, 6) is -0.551. The molecular weight excluding hydrogens is 393 g/mol. The summed E-state index contributed by atoms with van der Waals surface area (Å²) in [6.45, 7) is 0.156. The molecule has 28 heavy (non-hydrogen) atoms. The fraction of sp³-hybridized carbons (Fsp3) is 0.211. The number of halogens is 3. The van der Waals surface area contributed by atoms with Crippen molar-refractivity contribution in [1.29, 1.82) is 0 Å². The van der Waals surface area contributed by atoms with Gasteiger partial charge in [-0.1, -0.05) is 42.1 Å². The lowest BCUT2D eigenvalue weighted by Gasteiger charge is -2.13. The molecule has 0 saturated carbocycles. The Hall–Kier alpha value is -2.81. The third-order valence-electron chi connectivity index (χ3n) is 4.04. The van der Waals surface area contributed by atoms with E-state index in [1.807, 2.05) is 0 Å². The summed E-state index contributed by atoms with van der Waals surface area (Å²) < 4.78 is 38.2. The SMILES string of the molecule is O=C(Cc1cccc(C(F)(F)F)c1)Nc1ccc(CN2C(=O)CSC2=O)cc1. The van der Waals surface area contributed by atoms with Gasteiger partial charge in [-0.05, 0) is 29.3 Å². The van der Waals surface area contributed by atoms with E-state index >= 15 is 0 Å². The summed E-state index contributed by atoms with van der Waals surface area (Å²) >= 11 is 0.958. The van der Waals surface area contributed by atoms with Crippen LogP contribution in [0.2, 0.25) is 0 Å². The van der Waals surface area contributed by atoms with E-state index in [4.69, 9.17) is 0 Å². The minimum absolute atomic E-state index is 0.141. The normalized spacial score (nSPS) is 14.5. The largest absolute Gasteiger partial charge is 0.416 e. The molecule has 146 valence electrons. The van der Waals surface area contributed by atoms with Crippen LogP contribution in [-0.4, -0.2) is 27.7 Å². The number of thioether (sulfide) groups is 1. The number of alkyl halides is 3. The van der Waals surface area contributed by atoms with Crippen LogP contribution in [0.5, 0.6) is 0 Å². The van der Waals surface area contributed by atoms with Gasteiger partial charge in [0, 0.05) is 5.69 Å². The minimum Gasteiger partial charge on any atom is -0.326 e. The number of carbonyl (C=O) groups excluding carboxylic acids is 3. The zero-order chi connectivity index (χ0) is 20.3. The van der Waals surface area contributed by atoms with Crippen LogP contribution < -0.4 is 5.32 Å². The second kappa shape index (κ2) is 8.05. The second-order valence-electron chi connectivity index (χ2n) is 6.15. The molecule has 0 unspecified atom stereocenters. The lowest BCUT2D eigenvalue weighted by Crippen LogP contribution is -2.27. The van der Waals surface area contributed by atoms with Gasteiger partial charge < -0.3 is 5.32 Å². The van der Waals surface area contributed by atoms with Gasteiger partial charge in [0.15, 0.2) is 0 Å². The van der Waals surface area contributed by atoms with Crippen molar-refractivity contribution in [3.8, 4) is 0 Å². The van der Waals surface area contributed by atoms with E-state index < -0.39 is 17.6 Å². The number of amides is 3. The lowest BCUT2D eigenvalue weighted by atomic mass is 10.1. The first-order valence-corrected chi connectivity index (χ1v) is 9.23. The van der Waals surface area contributed by atoms with Crippen LogP contribution in [0.1, 0.15) is 16.7 Å². The number of nitrogens with zero attached hydrogens (tertiary/aromatic N) is 1. The van der Waals surface area contributed by atoms with E-state index in [1.165, 1.54) is 12.1 Å². The van der Waals surface area contributed by atoms with Gasteiger partial charge in [-0.2, -0.15) is 13.2 Å². The molecule has 3 rings (SSSR count). The maximum absolute atomic E-state index is 12.7. The number of hydrogen-bond acceptors (Lipinski definition) is 4. The number of rotatable bonds is 5. The molecule has 1 heterocycles. The van der Waals surface area contributed by atoms with Crippen LogP contribution in [0.15, 0.2) is 48.5 Å². The van der Waals surface area contributed by atoms with E-state index in [1.54, 1.807) is 24.3 Å². The van der Waals surface area contributed by atoms with Gasteiger partial charge in [0.2, 0.25) is 11.8 Å². The van der Waals surface area contributed by atoms with Crippen molar-refractivity contribution in [2.24, 2.45) is 0 Å². The number of anilines is 1. The summed E-state index contributed by atoms with van der Waals surface area (Å²) in [5.41, 5.74) is 0.646. The minimum atomic E-state index is -4.46. The number of imide groups is 1. The average Bonchev–Trinajstić information content (AvgIpc) is 2.95. The number of carbonyl (C=O) groups is 3. The Bertz CT molecular complexity index is 897. The summed E-state index contributed by atoms with van der Waals surface area (Å²) in [7, 11) is 0. The Morgan fingerprint density at radius 3 is 2.39 bits per heavy atom. The summed E-state index contributed by atoms with van der Waals surface area (Å²) in [6, 6.07) is 11.2. The van der Waals surface area contributed by atoms with Crippen molar-refractivity contribution in [2.75, 3.05) is 11.1 Å². The Kier molecular flexibility index (Phi) is 5.73. The molecule has 5 nitrogen and oxygen atoms in total. The molecule has 0 bridgehead atoms. The van der Waals surface area contributed by atoms with Gasteiger partial charge in [-0.25, -0.2) is 0 Å². The zero-order valence-electron chi connectivity index (χ0n) is 14.5. The lowest BCUT2D eigenvalue weighted by molar-refractivity contribution is -0.137. The van der Waals surface area contributed by atoms with Crippen LogP contribution in [0.25, 0.3) is 0 Å². The highest BCUT2D eigenvalue weighted by atomic mass is 32.2. The highest BCUT2D eigenvalue weighted by Crippen LogP contribution is 2.29. The first-order valence-electron chi connectivity index (χ1n) is 8.24. The molecule has 0 aliphatic carbocycles. The van der Waals surface area contributed by atoms with E-state index in [-0.39, 0.29) is 35.4 Å². The van der Waals surface area contributed by atoms with Gasteiger partial charge in [0.25, 0.3) is 5.24 Å². The van der Waals surface area contributed by atoms with Gasteiger partial charge in [0.1, 0.15) is 0 Å². The molecule has 0 radical (unpaired) electrons. The van der Waals surface area contributed by atoms with Crippen LogP contribution in [0.4, 0.5) is 23.7 Å². The Balaban J connectivity index is 1.59. The van der Waals surface area contributed by atoms with Crippen molar-refractivity contribution >= 4 is 34.5 Å². The molecular formula is C19H15F3N2O3S. The molecule has 0 atom stereocenters. The maximum atomic E-state index is 12.7. The quantitative estimate of drug-likeness (QED) is 0.810. The van der Waals surface area contributed by atoms with Gasteiger partial charge in [0.05, 0.1) is 24.3 Å². The standard InChI is InChI=1S/C19H15F3N2O3S/c20-19(21,22)14-3-1-2-13(8-14)9-16(25)23-15-6-4-12(5-7-15)10-24-17(26)11-28-18(24)27/h1-8H,9-11H2,(H,23,25). The van der Waals surface area contributed by atoms with E-state index in [2.05, 4.69) is 5.32 Å². The highest BCUT2D eigenvalue weighted by Gasteiger charge is 2.31. The molecule has 0 spiro atoms. The van der Waals surface area contributed by atoms with E-state index in [0.717, 1.165) is 34.4 Å². The third-order valence-corrected chi connectivity index (χ3v) is 4.90. The monoisotopic (exact) mass is 408 g/mol. The fourth-order valence-corrected chi connectivity index (χ4v) is 3.38. The van der Waals surface area contributed by atoms with E-state index in [0.29, 0.717) is 5.69 Å². The smallest absolute Gasteiger partial charge is 0.326 e. The van der Waals surface area contributed by atoms with E-state index in [9.17, 15) is 27.6 Å². The Morgan fingerprint density at radius 2 is 1.79 bits per heavy atom. The Morgan fingerprint density at radius 1 is 1.07 bits per heavy atom. The average molecular weight is 408 g/mol. The molecule has 2 aromatic rings. The van der Waals surface area contributed by atoms with Crippen molar-refractivity contribution in [1.82, 2.24) is 4.90 Å². The summed E-state index contributed by atoms with van der Waals surface area (Å²) in [6.07, 6.45) is -4.65. The van der Waals surface area contributed by atoms with Crippen molar-refractivity contribution < 1.29 is 27.6 Å². The third kappa shape index (κ3) is 4.92. The molecule has 1 fully saturated rings. The molecule has 3 amide bonds. The highest BCUT2D eigenvalue weighted by molar-refractivity contribution is 8.14. The maximum Gasteiger partial charge on any atom is 0.416 e. The predicted octanol–water partition coefficient (Wildman–Crippen LogP) is 4.08. The van der Waals surface area contributed by atoms with Crippen LogP contribution in [-0.2, 0) is 28.7 Å². The van der Waals surface area contributed by atoms with Gasteiger partial charge in [-0.3, -0.25) is 19.3 Å². The van der Waals surface area contributed by atoms with Crippen LogP contribution >= 0.6 is 11.8 Å². The number of hydrogen-bond donors (Lipinski definition) is 1. The fourth-order valence-electron chi connectivity index (χ4n) is 2.66. The van der Waals surface area contributed by atoms with Crippen LogP contribution in [0.3, 0.4) is 0 Å². The second-order valence-corrected chi connectivity index (χ2v) is 7.08. The van der Waals surface area contributed by atoms with Crippen molar-refractivity contribution in [3.63, 3.8) is 0 Å². The summed E-state index contributed by atoms with van der Waals surface area (Å²) in [4.78, 5) is 36.5. The van der Waals surface area contributed by atoms with Crippen molar-refractivity contribution in [3.05, 3.63) is 65.2 Å². The van der Waals surface area contributed by atoms with Gasteiger partial charge >= 0.3 is 6.18 Å². The molecule has 1 aliphatic heterocycles. The first kappa shape index (κ1) is 19.9. The molecule has 2 aromatic carbocycles. The molecule has 1 aliphatic rings. The Labute approximate surface area is 162 Å². The molecule has 1 N–H and O–H groups in total. The summed E-state index contributed by atoms with van der Waals surface area (Å²) in [5, 5.41) is 2.33. The first-order chi connectivity index (χ1) is 13.2. The number of nitrogens with one attached hydrogen (secondary N) is 1. The van der Waals surface area contributed by atoms with Crippen molar-refractivity contribution in [2.45, 2.75) is 19.1 Å². The molecule has 1 saturated heterocycles.